The first kappa shape index (κ1) is 13.2. The largest absolute Gasteiger partial charge is 0.395 e. The van der Waals surface area contributed by atoms with Crippen LogP contribution in [0.1, 0.15) is 25.7 Å². The third kappa shape index (κ3) is 2.31. The van der Waals surface area contributed by atoms with Crippen molar-refractivity contribution in [3.8, 4) is 0 Å². The van der Waals surface area contributed by atoms with Gasteiger partial charge in [0.15, 0.2) is 0 Å². The highest BCUT2D eigenvalue weighted by Gasteiger charge is 2.26. The number of benzene rings is 1. The molecule has 3 rings (SSSR count). The number of nitrogens with two attached hydrogens (primary N) is 2. The Balaban J connectivity index is 2.02. The number of hydrogen-bond donors (Lipinski definition) is 2. The first-order valence-corrected chi connectivity index (χ1v) is 7.71. The molecule has 1 heterocycles. The number of thiazole rings is 1. The minimum absolute atomic E-state index is 0.213. The molecule has 4 N–H and O–H groups in total. The van der Waals surface area contributed by atoms with Gasteiger partial charge in [-0.2, -0.15) is 0 Å². The minimum atomic E-state index is -0.324. The van der Waals surface area contributed by atoms with Gasteiger partial charge in [0, 0.05) is 6.04 Å². The summed E-state index contributed by atoms with van der Waals surface area (Å²) in [7, 11) is 0. The van der Waals surface area contributed by atoms with Gasteiger partial charge in [-0.15, -0.1) is 11.3 Å². The smallest absolute Gasteiger partial charge is 0.236 e. The molecule has 0 aliphatic heterocycles. The molecule has 2 aromatic rings. The number of carbonyl (C=O) groups excluding carboxylic acids is 1. The number of nitrogen functional groups attached to an aromatic ring is 1. The second-order valence-corrected chi connectivity index (χ2v) is 6.12. The summed E-state index contributed by atoms with van der Waals surface area (Å²) in [6, 6.07) is 4.35. The Labute approximate surface area is 121 Å². The van der Waals surface area contributed by atoms with Crippen molar-refractivity contribution in [2.45, 2.75) is 31.7 Å². The molecule has 106 valence electrons. The zero-order valence-electron chi connectivity index (χ0n) is 11.2. The number of fused-ring (bicyclic) bond motifs is 1. The van der Waals surface area contributed by atoms with Crippen LogP contribution in [0.15, 0.2) is 17.6 Å². The van der Waals surface area contributed by atoms with E-state index < -0.39 is 0 Å². The van der Waals surface area contributed by atoms with Crippen molar-refractivity contribution < 1.29 is 4.79 Å². The van der Waals surface area contributed by atoms with E-state index in [-0.39, 0.29) is 12.5 Å². The summed E-state index contributed by atoms with van der Waals surface area (Å²) in [5.74, 6) is -0.324. The second kappa shape index (κ2) is 5.28. The van der Waals surface area contributed by atoms with Crippen molar-refractivity contribution in [3.05, 3.63) is 17.6 Å². The molecule has 0 atom stereocenters. The summed E-state index contributed by atoms with van der Waals surface area (Å²) in [6.45, 7) is 0.213. The Morgan fingerprint density at radius 2 is 2.15 bits per heavy atom. The van der Waals surface area contributed by atoms with Crippen LogP contribution < -0.4 is 16.4 Å². The third-order valence-electron chi connectivity index (χ3n) is 3.92. The lowest BCUT2D eigenvalue weighted by molar-refractivity contribution is -0.116. The lowest BCUT2D eigenvalue weighted by Crippen LogP contribution is -2.40. The highest BCUT2D eigenvalue weighted by molar-refractivity contribution is 7.16. The zero-order chi connectivity index (χ0) is 14.1. The number of nitrogens with zero attached hydrogens (tertiary/aromatic N) is 2. The van der Waals surface area contributed by atoms with Crippen molar-refractivity contribution in [2.24, 2.45) is 5.73 Å². The van der Waals surface area contributed by atoms with Crippen molar-refractivity contribution in [1.29, 1.82) is 0 Å². The Kier molecular flexibility index (Phi) is 3.48. The summed E-state index contributed by atoms with van der Waals surface area (Å²) in [5.41, 5.74) is 15.8. The van der Waals surface area contributed by atoms with Gasteiger partial charge in [0.2, 0.25) is 5.91 Å². The Bertz CT molecular complexity index is 633. The fraction of sp³-hybridized carbons (Fsp3) is 0.429. The molecule has 1 aromatic carbocycles. The zero-order valence-corrected chi connectivity index (χ0v) is 12.0. The molecule has 1 aliphatic carbocycles. The van der Waals surface area contributed by atoms with E-state index in [9.17, 15) is 4.79 Å². The van der Waals surface area contributed by atoms with Gasteiger partial charge in [-0.1, -0.05) is 12.8 Å². The van der Waals surface area contributed by atoms with Crippen molar-refractivity contribution in [3.63, 3.8) is 0 Å². The van der Waals surface area contributed by atoms with Crippen molar-refractivity contribution in [1.82, 2.24) is 4.98 Å². The maximum absolute atomic E-state index is 11.4. The van der Waals surface area contributed by atoms with Gasteiger partial charge < -0.3 is 16.4 Å². The monoisotopic (exact) mass is 290 g/mol. The van der Waals surface area contributed by atoms with Crippen LogP contribution in [0.5, 0.6) is 0 Å². The number of rotatable bonds is 4. The van der Waals surface area contributed by atoms with E-state index in [1.54, 1.807) is 16.8 Å². The molecule has 0 radical (unpaired) electrons. The average Bonchev–Trinajstić information content (AvgIpc) is 3.08. The lowest BCUT2D eigenvalue weighted by atomic mass is 10.1. The quantitative estimate of drug-likeness (QED) is 0.845. The van der Waals surface area contributed by atoms with Crippen LogP contribution in [0.4, 0.5) is 11.4 Å². The molecule has 1 fully saturated rings. The molecule has 1 saturated carbocycles. The second-order valence-electron chi connectivity index (χ2n) is 5.23. The summed E-state index contributed by atoms with van der Waals surface area (Å²) in [4.78, 5) is 17.8. The highest BCUT2D eigenvalue weighted by atomic mass is 32.1. The van der Waals surface area contributed by atoms with E-state index in [0.717, 1.165) is 28.7 Å². The van der Waals surface area contributed by atoms with Gasteiger partial charge >= 0.3 is 0 Å². The van der Waals surface area contributed by atoms with Crippen LogP contribution in [0.3, 0.4) is 0 Å². The molecular formula is C14H18N4OS. The van der Waals surface area contributed by atoms with Gasteiger partial charge in [-0.05, 0) is 25.0 Å². The van der Waals surface area contributed by atoms with E-state index in [1.165, 1.54) is 12.8 Å². The standard InChI is InChI=1S/C14H18N4OS/c15-12(19)7-18(9-3-1-2-4-9)10-5-6-11-14(13(10)16)17-8-20-11/h5-6,8-9H,1-4,7,16H2,(H2,15,19). The first-order valence-electron chi connectivity index (χ1n) is 6.83. The number of hydrogen-bond acceptors (Lipinski definition) is 5. The fourth-order valence-electron chi connectivity index (χ4n) is 2.99. The molecule has 0 saturated heterocycles. The summed E-state index contributed by atoms with van der Waals surface area (Å²) < 4.78 is 1.07. The fourth-order valence-corrected chi connectivity index (χ4v) is 3.68. The summed E-state index contributed by atoms with van der Waals surface area (Å²) in [6.07, 6.45) is 4.56. The van der Waals surface area contributed by atoms with Crippen LogP contribution >= 0.6 is 11.3 Å². The van der Waals surface area contributed by atoms with Gasteiger partial charge in [0.25, 0.3) is 0 Å². The molecule has 0 bridgehead atoms. The Morgan fingerprint density at radius 3 is 2.85 bits per heavy atom. The topological polar surface area (TPSA) is 85.2 Å². The molecule has 0 unspecified atom stereocenters. The van der Waals surface area contributed by atoms with Crippen LogP contribution in [-0.2, 0) is 4.79 Å². The Morgan fingerprint density at radius 1 is 1.40 bits per heavy atom. The van der Waals surface area contributed by atoms with E-state index in [0.29, 0.717) is 11.7 Å². The molecule has 5 nitrogen and oxygen atoms in total. The molecular weight excluding hydrogens is 272 g/mol. The lowest BCUT2D eigenvalue weighted by Gasteiger charge is -2.31. The number of anilines is 2. The number of aromatic nitrogens is 1. The van der Waals surface area contributed by atoms with Crippen molar-refractivity contribution >= 4 is 38.8 Å². The van der Waals surface area contributed by atoms with Crippen LogP contribution in [0, 0.1) is 0 Å². The van der Waals surface area contributed by atoms with E-state index >= 15 is 0 Å². The molecule has 1 aliphatic rings. The minimum Gasteiger partial charge on any atom is -0.395 e. The third-order valence-corrected chi connectivity index (χ3v) is 4.71. The Hall–Kier alpha value is -1.82. The van der Waals surface area contributed by atoms with Gasteiger partial charge in [0.1, 0.15) is 5.52 Å². The highest BCUT2D eigenvalue weighted by Crippen LogP contribution is 2.36. The van der Waals surface area contributed by atoms with Gasteiger partial charge in [-0.3, -0.25) is 4.79 Å². The predicted molar refractivity (Wildman–Crippen MR) is 82.8 cm³/mol. The molecule has 0 spiro atoms. The van der Waals surface area contributed by atoms with E-state index in [1.807, 2.05) is 12.1 Å². The van der Waals surface area contributed by atoms with E-state index in [2.05, 4.69) is 9.88 Å². The first-order chi connectivity index (χ1) is 9.66. The summed E-state index contributed by atoms with van der Waals surface area (Å²) >= 11 is 1.57. The average molecular weight is 290 g/mol. The van der Waals surface area contributed by atoms with E-state index in [4.69, 9.17) is 11.5 Å². The maximum Gasteiger partial charge on any atom is 0.236 e. The predicted octanol–water partition coefficient (Wildman–Crippen LogP) is 2.11. The van der Waals surface area contributed by atoms with Gasteiger partial charge in [0.05, 0.1) is 28.1 Å². The molecule has 6 heteroatoms. The number of primary amides is 1. The normalized spacial score (nSPS) is 15.8. The molecule has 20 heavy (non-hydrogen) atoms. The molecule has 1 aromatic heterocycles. The van der Waals surface area contributed by atoms with Crippen LogP contribution in [-0.4, -0.2) is 23.5 Å². The van der Waals surface area contributed by atoms with Crippen molar-refractivity contribution in [2.75, 3.05) is 17.2 Å². The maximum atomic E-state index is 11.4. The van der Waals surface area contributed by atoms with Crippen LogP contribution in [0.2, 0.25) is 0 Å². The molecule has 1 amide bonds. The number of amides is 1. The number of carbonyl (C=O) groups is 1. The summed E-state index contributed by atoms with van der Waals surface area (Å²) in [5, 5.41) is 0. The SMILES string of the molecule is NC(=O)CN(c1ccc2scnc2c1N)C1CCCC1. The van der Waals surface area contributed by atoms with Gasteiger partial charge in [-0.25, -0.2) is 4.98 Å². The van der Waals surface area contributed by atoms with Crippen LogP contribution in [0.25, 0.3) is 10.2 Å².